The largest absolute Gasteiger partial charge is 0.388 e. The lowest BCUT2D eigenvalue weighted by atomic mass is 9.88. The van der Waals surface area contributed by atoms with E-state index in [-0.39, 0.29) is 18.5 Å². The molecular formula is C18H33ClN2O5S. The van der Waals surface area contributed by atoms with Crippen LogP contribution in [0, 0.1) is 11.8 Å². The van der Waals surface area contributed by atoms with Crippen molar-refractivity contribution in [1.29, 1.82) is 0 Å². The van der Waals surface area contributed by atoms with Crippen molar-refractivity contribution in [2.75, 3.05) is 19.3 Å². The van der Waals surface area contributed by atoms with Gasteiger partial charge in [-0.2, -0.15) is 0 Å². The van der Waals surface area contributed by atoms with Crippen molar-refractivity contribution in [3.63, 3.8) is 0 Å². The van der Waals surface area contributed by atoms with Gasteiger partial charge in [-0.1, -0.05) is 13.3 Å². The molecule has 0 aromatic rings. The van der Waals surface area contributed by atoms with Crippen LogP contribution in [0.2, 0.25) is 0 Å². The van der Waals surface area contributed by atoms with Crippen molar-refractivity contribution < 1.29 is 24.9 Å². The highest BCUT2D eigenvalue weighted by Crippen LogP contribution is 2.32. The molecule has 2 aliphatic heterocycles. The SMILES string of the molecule is CCC[C@H]1CN[C@H](C(=O)NCC(C(C)Cl)[C@H]2O[C@H](SC)[C@H](O)[C@@H](O)[C@H]2O)C1. The molecule has 2 heterocycles. The number of hydrogen-bond acceptors (Lipinski definition) is 7. The van der Waals surface area contributed by atoms with Gasteiger partial charge in [0.1, 0.15) is 23.7 Å². The van der Waals surface area contributed by atoms with Crippen molar-refractivity contribution in [1.82, 2.24) is 10.6 Å². The highest BCUT2D eigenvalue weighted by atomic mass is 35.5. The van der Waals surface area contributed by atoms with Crippen molar-refractivity contribution >= 4 is 29.3 Å². The summed E-state index contributed by atoms with van der Waals surface area (Å²) in [5.41, 5.74) is -0.659. The molecule has 9 atom stereocenters. The first kappa shape index (κ1) is 23.2. The summed E-state index contributed by atoms with van der Waals surface area (Å²) in [6.07, 6.45) is 0.247. The number of carbonyl (C=O) groups excluding carboxylic acids is 1. The monoisotopic (exact) mass is 424 g/mol. The van der Waals surface area contributed by atoms with Gasteiger partial charge in [-0.3, -0.25) is 4.79 Å². The normalized spacial score (nSPS) is 39.1. The summed E-state index contributed by atoms with van der Waals surface area (Å²) in [7, 11) is 0. The van der Waals surface area contributed by atoms with Gasteiger partial charge in [0.2, 0.25) is 5.91 Å². The van der Waals surface area contributed by atoms with Gasteiger partial charge < -0.3 is 30.7 Å². The lowest BCUT2D eigenvalue weighted by Gasteiger charge is -2.43. The zero-order valence-corrected chi connectivity index (χ0v) is 17.7. The Labute approximate surface area is 170 Å². The Bertz CT molecular complexity index is 485. The molecule has 0 bridgehead atoms. The maximum absolute atomic E-state index is 12.5. The molecule has 2 rings (SSSR count). The summed E-state index contributed by atoms with van der Waals surface area (Å²) < 4.78 is 5.81. The summed E-state index contributed by atoms with van der Waals surface area (Å²) in [6, 6.07) is -0.212. The molecule has 0 aromatic carbocycles. The number of aliphatic hydroxyl groups is 3. The molecule has 2 saturated heterocycles. The van der Waals surface area contributed by atoms with Crippen LogP contribution < -0.4 is 10.6 Å². The van der Waals surface area contributed by atoms with E-state index in [0.717, 1.165) is 25.8 Å². The van der Waals surface area contributed by atoms with Gasteiger partial charge in [0.05, 0.1) is 12.1 Å². The van der Waals surface area contributed by atoms with Crippen molar-refractivity contribution in [2.45, 2.75) is 74.4 Å². The molecule has 158 valence electrons. The first-order valence-corrected chi connectivity index (χ1v) is 11.4. The topological polar surface area (TPSA) is 111 Å². The molecule has 2 fully saturated rings. The fourth-order valence-electron chi connectivity index (χ4n) is 3.94. The van der Waals surface area contributed by atoms with Crippen LogP contribution in [0.15, 0.2) is 0 Å². The van der Waals surface area contributed by atoms with Gasteiger partial charge in [-0.25, -0.2) is 0 Å². The molecule has 0 aromatic heterocycles. The van der Waals surface area contributed by atoms with Crippen molar-refractivity contribution in [2.24, 2.45) is 11.8 Å². The minimum atomic E-state index is -1.32. The van der Waals surface area contributed by atoms with Crippen LogP contribution in [0.1, 0.15) is 33.1 Å². The van der Waals surface area contributed by atoms with E-state index in [4.69, 9.17) is 16.3 Å². The van der Waals surface area contributed by atoms with Gasteiger partial charge in [0.15, 0.2) is 0 Å². The average molecular weight is 425 g/mol. The van der Waals surface area contributed by atoms with Crippen molar-refractivity contribution in [3.8, 4) is 0 Å². The molecule has 0 aliphatic carbocycles. The first-order chi connectivity index (χ1) is 12.8. The molecule has 1 amide bonds. The van der Waals surface area contributed by atoms with E-state index in [1.54, 1.807) is 13.2 Å². The molecule has 0 saturated carbocycles. The van der Waals surface area contributed by atoms with E-state index in [1.807, 2.05) is 0 Å². The summed E-state index contributed by atoms with van der Waals surface area (Å²) in [5, 5.41) is 36.3. The Kier molecular flexibility index (Phi) is 9.12. The Morgan fingerprint density at radius 2 is 2.04 bits per heavy atom. The maximum Gasteiger partial charge on any atom is 0.237 e. The first-order valence-electron chi connectivity index (χ1n) is 9.67. The lowest BCUT2D eigenvalue weighted by molar-refractivity contribution is -0.210. The van der Waals surface area contributed by atoms with Crippen LogP contribution >= 0.6 is 23.4 Å². The van der Waals surface area contributed by atoms with E-state index in [9.17, 15) is 20.1 Å². The fourth-order valence-corrected chi connectivity index (χ4v) is 4.85. The summed E-state index contributed by atoms with van der Waals surface area (Å²) in [5.74, 6) is 0.0365. The quantitative estimate of drug-likeness (QED) is 0.356. The number of nitrogens with one attached hydrogen (secondary N) is 2. The second kappa shape index (κ2) is 10.6. The van der Waals surface area contributed by atoms with Crippen LogP contribution in [0.5, 0.6) is 0 Å². The number of thioether (sulfide) groups is 1. The van der Waals surface area contributed by atoms with E-state index in [1.165, 1.54) is 11.8 Å². The molecule has 7 nitrogen and oxygen atoms in total. The molecule has 0 radical (unpaired) electrons. The zero-order valence-electron chi connectivity index (χ0n) is 16.2. The van der Waals surface area contributed by atoms with Gasteiger partial charge in [-0.15, -0.1) is 23.4 Å². The lowest BCUT2D eigenvalue weighted by Crippen LogP contribution is -2.60. The molecule has 27 heavy (non-hydrogen) atoms. The van der Waals surface area contributed by atoms with Crippen LogP contribution in [-0.4, -0.2) is 81.8 Å². The molecular weight excluding hydrogens is 392 g/mol. The van der Waals surface area contributed by atoms with Gasteiger partial charge in [-0.05, 0) is 38.5 Å². The standard InChI is InChI=1S/C18H33ClN2O5S/c1-4-5-10-6-12(20-7-10)17(25)21-8-11(9(2)19)16-14(23)13(22)15(24)18(26-16)27-3/h9-16,18,20,22-24H,4-8H2,1-3H3,(H,21,25)/t9?,10-,11?,12+,13+,14-,15-,16-,18-/m1/s1. The third-order valence-electron chi connectivity index (χ3n) is 5.60. The van der Waals surface area contributed by atoms with Gasteiger partial charge >= 0.3 is 0 Å². The van der Waals surface area contributed by atoms with E-state index < -0.39 is 41.1 Å². The van der Waals surface area contributed by atoms with E-state index in [2.05, 4.69) is 17.6 Å². The summed E-state index contributed by atoms with van der Waals surface area (Å²) >= 11 is 7.57. The molecule has 0 spiro atoms. The smallest absolute Gasteiger partial charge is 0.237 e. The summed E-state index contributed by atoms with van der Waals surface area (Å²) in [6.45, 7) is 4.99. The highest BCUT2D eigenvalue weighted by molar-refractivity contribution is 7.99. The minimum absolute atomic E-state index is 0.0804. The Balaban J connectivity index is 1.96. The number of carbonyl (C=O) groups is 1. The molecule has 2 aliphatic rings. The van der Waals surface area contributed by atoms with Crippen LogP contribution in [0.3, 0.4) is 0 Å². The number of amides is 1. The average Bonchev–Trinajstić information content (AvgIpc) is 3.10. The second-order valence-electron chi connectivity index (χ2n) is 7.61. The highest BCUT2D eigenvalue weighted by Gasteiger charge is 2.47. The van der Waals surface area contributed by atoms with Gasteiger partial charge in [0.25, 0.3) is 0 Å². The Morgan fingerprint density at radius 3 is 2.63 bits per heavy atom. The molecule has 2 unspecified atom stereocenters. The maximum atomic E-state index is 12.5. The summed E-state index contributed by atoms with van der Waals surface area (Å²) in [4.78, 5) is 12.5. The number of alkyl halides is 1. The van der Waals surface area contributed by atoms with Gasteiger partial charge in [0, 0.05) is 17.8 Å². The zero-order chi connectivity index (χ0) is 20.1. The fraction of sp³-hybridized carbons (Fsp3) is 0.944. The predicted molar refractivity (Wildman–Crippen MR) is 107 cm³/mol. The van der Waals surface area contributed by atoms with E-state index >= 15 is 0 Å². The van der Waals surface area contributed by atoms with E-state index in [0.29, 0.717) is 5.92 Å². The Morgan fingerprint density at radius 1 is 1.33 bits per heavy atom. The number of rotatable bonds is 8. The number of hydrogen-bond donors (Lipinski definition) is 5. The van der Waals surface area contributed by atoms with Crippen molar-refractivity contribution in [3.05, 3.63) is 0 Å². The third kappa shape index (κ3) is 5.72. The third-order valence-corrected chi connectivity index (χ3v) is 6.78. The Hall–Kier alpha value is -0.0900. The van der Waals surface area contributed by atoms with Crippen LogP contribution in [-0.2, 0) is 9.53 Å². The number of halogens is 1. The number of ether oxygens (including phenoxy) is 1. The van der Waals surface area contributed by atoms with Crippen LogP contribution in [0.25, 0.3) is 0 Å². The predicted octanol–water partition coefficient (Wildman–Crippen LogP) is 0.295. The second-order valence-corrected chi connectivity index (χ2v) is 9.24. The molecule has 9 heteroatoms. The molecule has 5 N–H and O–H groups in total. The van der Waals surface area contributed by atoms with Crippen LogP contribution in [0.4, 0.5) is 0 Å². The number of aliphatic hydroxyl groups excluding tert-OH is 3. The minimum Gasteiger partial charge on any atom is -0.388 e.